The standard InChI is InChI=1S/C9H16O2/c1-4-5-9(10)11-7-6-8(2)3/h2,4-7H2,1,3H3. The summed E-state index contributed by atoms with van der Waals surface area (Å²) >= 11 is 0. The molecule has 0 spiro atoms. The molecule has 0 N–H and O–H groups in total. The van der Waals surface area contributed by atoms with Gasteiger partial charge in [0, 0.05) is 12.8 Å². The van der Waals surface area contributed by atoms with Crippen LogP contribution < -0.4 is 0 Å². The minimum atomic E-state index is -0.103. The average Bonchev–Trinajstić information content (AvgIpc) is 1.87. The molecule has 0 aliphatic rings. The minimum absolute atomic E-state index is 0.103. The summed E-state index contributed by atoms with van der Waals surface area (Å²) in [5.74, 6) is -0.103. The van der Waals surface area contributed by atoms with Gasteiger partial charge in [-0.25, -0.2) is 0 Å². The van der Waals surface area contributed by atoms with Crippen molar-refractivity contribution in [2.45, 2.75) is 33.1 Å². The SMILES string of the molecule is C=C(C)CCOC(=O)CCC. The van der Waals surface area contributed by atoms with E-state index < -0.39 is 0 Å². The lowest BCUT2D eigenvalue weighted by Crippen LogP contribution is -2.04. The monoisotopic (exact) mass is 156 g/mol. The molecule has 0 unspecified atom stereocenters. The van der Waals surface area contributed by atoms with Crippen molar-refractivity contribution < 1.29 is 9.53 Å². The molecule has 64 valence electrons. The predicted molar refractivity (Wildman–Crippen MR) is 45.3 cm³/mol. The molecule has 0 aromatic rings. The van der Waals surface area contributed by atoms with Crippen LogP contribution in [0.4, 0.5) is 0 Å². The second-order valence-electron chi connectivity index (χ2n) is 2.68. The number of carbonyl (C=O) groups excluding carboxylic acids is 1. The highest BCUT2D eigenvalue weighted by molar-refractivity contribution is 5.69. The molecule has 0 aromatic heterocycles. The maximum absolute atomic E-state index is 10.8. The number of ether oxygens (including phenoxy) is 1. The first-order valence-electron chi connectivity index (χ1n) is 3.96. The molecule has 0 fully saturated rings. The van der Waals surface area contributed by atoms with Crippen LogP contribution >= 0.6 is 0 Å². The molecule has 0 atom stereocenters. The van der Waals surface area contributed by atoms with Crippen molar-refractivity contribution >= 4 is 5.97 Å². The number of esters is 1. The van der Waals surface area contributed by atoms with Gasteiger partial charge in [-0.15, -0.1) is 6.58 Å². The van der Waals surface area contributed by atoms with Crippen LogP contribution in [0, 0.1) is 0 Å². The Kier molecular flexibility index (Phi) is 5.53. The summed E-state index contributed by atoms with van der Waals surface area (Å²) in [7, 11) is 0. The van der Waals surface area contributed by atoms with Gasteiger partial charge in [0.25, 0.3) is 0 Å². The van der Waals surface area contributed by atoms with Gasteiger partial charge in [0.05, 0.1) is 6.61 Å². The van der Waals surface area contributed by atoms with Crippen LogP contribution in [0.3, 0.4) is 0 Å². The Morgan fingerprint density at radius 3 is 2.55 bits per heavy atom. The first-order chi connectivity index (χ1) is 5.16. The fourth-order valence-corrected chi connectivity index (χ4v) is 0.615. The highest BCUT2D eigenvalue weighted by Gasteiger charge is 1.98. The van der Waals surface area contributed by atoms with E-state index >= 15 is 0 Å². The molecule has 0 aliphatic carbocycles. The van der Waals surface area contributed by atoms with E-state index in [1.54, 1.807) is 0 Å². The van der Waals surface area contributed by atoms with Gasteiger partial charge in [-0.1, -0.05) is 12.5 Å². The van der Waals surface area contributed by atoms with E-state index in [4.69, 9.17) is 4.74 Å². The molecular weight excluding hydrogens is 140 g/mol. The summed E-state index contributed by atoms with van der Waals surface area (Å²) in [5.41, 5.74) is 1.05. The van der Waals surface area contributed by atoms with Crippen molar-refractivity contribution in [1.29, 1.82) is 0 Å². The largest absolute Gasteiger partial charge is 0.465 e. The Morgan fingerprint density at radius 1 is 1.45 bits per heavy atom. The molecule has 11 heavy (non-hydrogen) atoms. The van der Waals surface area contributed by atoms with E-state index in [1.165, 1.54) is 0 Å². The third kappa shape index (κ3) is 7.10. The van der Waals surface area contributed by atoms with Crippen LogP contribution in [0.5, 0.6) is 0 Å². The second-order valence-corrected chi connectivity index (χ2v) is 2.68. The van der Waals surface area contributed by atoms with Gasteiger partial charge in [0.1, 0.15) is 0 Å². The maximum Gasteiger partial charge on any atom is 0.305 e. The lowest BCUT2D eigenvalue weighted by molar-refractivity contribution is -0.143. The highest BCUT2D eigenvalue weighted by Crippen LogP contribution is 1.97. The first-order valence-corrected chi connectivity index (χ1v) is 3.96. The molecule has 0 radical (unpaired) electrons. The van der Waals surface area contributed by atoms with Crippen LogP contribution in [0.1, 0.15) is 33.1 Å². The van der Waals surface area contributed by atoms with Gasteiger partial charge < -0.3 is 4.74 Å². The molecule has 0 aliphatic heterocycles. The summed E-state index contributed by atoms with van der Waals surface area (Å²) in [6.07, 6.45) is 2.15. The minimum Gasteiger partial charge on any atom is -0.465 e. The molecule has 0 bridgehead atoms. The fourth-order valence-electron chi connectivity index (χ4n) is 0.615. The van der Waals surface area contributed by atoms with Gasteiger partial charge in [0.2, 0.25) is 0 Å². The zero-order valence-electron chi connectivity index (χ0n) is 7.35. The number of hydrogen-bond donors (Lipinski definition) is 0. The Morgan fingerprint density at radius 2 is 2.09 bits per heavy atom. The van der Waals surface area contributed by atoms with E-state index in [0.717, 1.165) is 18.4 Å². The maximum atomic E-state index is 10.8. The topological polar surface area (TPSA) is 26.3 Å². The number of hydrogen-bond acceptors (Lipinski definition) is 2. The Balaban J connectivity index is 3.24. The Bertz CT molecular complexity index is 138. The van der Waals surface area contributed by atoms with Crippen molar-refractivity contribution in [3.63, 3.8) is 0 Å². The van der Waals surface area contributed by atoms with E-state index in [-0.39, 0.29) is 5.97 Å². The normalized spacial score (nSPS) is 9.27. The number of rotatable bonds is 5. The summed E-state index contributed by atoms with van der Waals surface area (Å²) in [5, 5.41) is 0. The zero-order valence-corrected chi connectivity index (χ0v) is 7.35. The molecule has 2 nitrogen and oxygen atoms in total. The average molecular weight is 156 g/mol. The molecule has 0 rings (SSSR count). The van der Waals surface area contributed by atoms with Crippen molar-refractivity contribution in [3.8, 4) is 0 Å². The van der Waals surface area contributed by atoms with Gasteiger partial charge in [-0.2, -0.15) is 0 Å². The fraction of sp³-hybridized carbons (Fsp3) is 0.667. The summed E-state index contributed by atoms with van der Waals surface area (Å²) in [4.78, 5) is 10.8. The third-order valence-corrected chi connectivity index (χ3v) is 1.25. The molecule has 0 saturated heterocycles. The van der Waals surface area contributed by atoms with Crippen LogP contribution in [0.25, 0.3) is 0 Å². The van der Waals surface area contributed by atoms with Gasteiger partial charge >= 0.3 is 5.97 Å². The summed E-state index contributed by atoms with van der Waals surface area (Å²) in [6, 6.07) is 0. The van der Waals surface area contributed by atoms with Crippen molar-refractivity contribution in [2.75, 3.05) is 6.61 Å². The molecular formula is C9H16O2. The van der Waals surface area contributed by atoms with E-state index in [1.807, 2.05) is 13.8 Å². The van der Waals surface area contributed by atoms with Crippen molar-refractivity contribution in [2.24, 2.45) is 0 Å². The quantitative estimate of drug-likeness (QED) is 0.451. The van der Waals surface area contributed by atoms with Crippen LogP contribution in [0.2, 0.25) is 0 Å². The second kappa shape index (κ2) is 5.96. The molecule has 0 aromatic carbocycles. The van der Waals surface area contributed by atoms with Gasteiger partial charge in [-0.05, 0) is 13.3 Å². The zero-order chi connectivity index (χ0) is 8.69. The van der Waals surface area contributed by atoms with Gasteiger partial charge in [-0.3, -0.25) is 4.79 Å². The summed E-state index contributed by atoms with van der Waals surface area (Å²) in [6.45, 7) is 8.07. The summed E-state index contributed by atoms with van der Waals surface area (Å²) < 4.78 is 4.89. The predicted octanol–water partition coefficient (Wildman–Crippen LogP) is 2.30. The Labute approximate surface area is 68.2 Å². The molecule has 2 heteroatoms. The van der Waals surface area contributed by atoms with E-state index in [9.17, 15) is 4.79 Å². The van der Waals surface area contributed by atoms with Crippen LogP contribution in [-0.4, -0.2) is 12.6 Å². The lowest BCUT2D eigenvalue weighted by Gasteiger charge is -2.02. The molecule has 0 saturated carbocycles. The van der Waals surface area contributed by atoms with Gasteiger partial charge in [0.15, 0.2) is 0 Å². The van der Waals surface area contributed by atoms with Crippen molar-refractivity contribution in [1.82, 2.24) is 0 Å². The van der Waals surface area contributed by atoms with E-state index in [0.29, 0.717) is 13.0 Å². The van der Waals surface area contributed by atoms with Crippen LogP contribution in [0.15, 0.2) is 12.2 Å². The lowest BCUT2D eigenvalue weighted by atomic mass is 10.3. The highest BCUT2D eigenvalue weighted by atomic mass is 16.5. The molecule has 0 heterocycles. The third-order valence-electron chi connectivity index (χ3n) is 1.25. The van der Waals surface area contributed by atoms with E-state index in [2.05, 4.69) is 6.58 Å². The first kappa shape index (κ1) is 10.2. The van der Waals surface area contributed by atoms with Crippen molar-refractivity contribution in [3.05, 3.63) is 12.2 Å². The smallest absolute Gasteiger partial charge is 0.305 e. The Hall–Kier alpha value is -0.790. The molecule has 0 amide bonds. The number of carbonyl (C=O) groups is 1. The van der Waals surface area contributed by atoms with Crippen LogP contribution in [-0.2, 0) is 9.53 Å².